The molecule has 4 N–H and O–H groups in total. The number of methoxy groups -OCH3 is 1. The van der Waals surface area contributed by atoms with Crippen molar-refractivity contribution < 1.29 is 14.6 Å². The minimum absolute atomic E-state index is 0.126. The van der Waals surface area contributed by atoms with Crippen LogP contribution < -0.4 is 11.1 Å². The topological polar surface area (TPSA) is 97.5 Å². The van der Waals surface area contributed by atoms with E-state index < -0.39 is 11.5 Å². The summed E-state index contributed by atoms with van der Waals surface area (Å²) >= 11 is 0. The van der Waals surface area contributed by atoms with Crippen LogP contribution in [0.25, 0.3) is 0 Å². The van der Waals surface area contributed by atoms with E-state index in [1.54, 1.807) is 33.1 Å². The van der Waals surface area contributed by atoms with Gasteiger partial charge in [0.2, 0.25) is 0 Å². The second kappa shape index (κ2) is 5.79. The van der Waals surface area contributed by atoms with Crippen LogP contribution in [0.3, 0.4) is 0 Å². The van der Waals surface area contributed by atoms with Crippen LogP contribution in [0.4, 0.5) is 5.69 Å². The van der Waals surface area contributed by atoms with Gasteiger partial charge in [-0.25, -0.2) is 4.98 Å². The molecule has 0 aromatic carbocycles. The lowest BCUT2D eigenvalue weighted by Gasteiger charge is -2.17. The number of carbonyl (C=O) groups is 1. The summed E-state index contributed by atoms with van der Waals surface area (Å²) in [5.41, 5.74) is 5.79. The number of hydrogen-bond acceptors (Lipinski definition) is 5. The van der Waals surface area contributed by atoms with E-state index >= 15 is 0 Å². The van der Waals surface area contributed by atoms with Crippen LogP contribution in [0.1, 0.15) is 30.0 Å². The summed E-state index contributed by atoms with van der Waals surface area (Å²) in [7, 11) is 1.55. The van der Waals surface area contributed by atoms with Crippen LogP contribution in [0, 0.1) is 0 Å². The fraction of sp³-hybridized carbons (Fsp3) is 0.500. The van der Waals surface area contributed by atoms with Crippen molar-refractivity contribution in [3.63, 3.8) is 0 Å². The van der Waals surface area contributed by atoms with Crippen molar-refractivity contribution >= 4 is 11.6 Å². The SMILES string of the molecule is COCc1ccc(N)c(C(=O)NCC(C)(C)O)n1. The molecular formula is C12H19N3O3. The molecule has 1 amide bonds. The predicted octanol–water partition coefficient (Wildman–Crippen LogP) is 0.311. The lowest BCUT2D eigenvalue weighted by molar-refractivity contribution is 0.0692. The summed E-state index contributed by atoms with van der Waals surface area (Å²) in [6.45, 7) is 3.64. The number of pyridine rings is 1. The van der Waals surface area contributed by atoms with Crippen molar-refractivity contribution in [3.8, 4) is 0 Å². The molecule has 18 heavy (non-hydrogen) atoms. The Hall–Kier alpha value is -1.66. The minimum Gasteiger partial charge on any atom is -0.397 e. The van der Waals surface area contributed by atoms with E-state index in [0.717, 1.165) is 0 Å². The number of aliphatic hydroxyl groups is 1. The molecule has 1 heterocycles. The second-order valence-electron chi connectivity index (χ2n) is 4.67. The molecule has 0 spiro atoms. The van der Waals surface area contributed by atoms with Gasteiger partial charge in [0.15, 0.2) is 5.69 Å². The van der Waals surface area contributed by atoms with Gasteiger partial charge in [-0.2, -0.15) is 0 Å². The number of nitrogen functional groups attached to an aromatic ring is 1. The summed E-state index contributed by atoms with van der Waals surface area (Å²) in [4.78, 5) is 16.0. The third-order valence-electron chi connectivity index (χ3n) is 2.17. The Bertz CT molecular complexity index is 427. The molecule has 0 aliphatic carbocycles. The Balaban J connectivity index is 2.81. The van der Waals surface area contributed by atoms with E-state index in [-0.39, 0.29) is 12.2 Å². The summed E-state index contributed by atoms with van der Waals surface area (Å²) < 4.78 is 4.94. The Morgan fingerprint density at radius 1 is 1.56 bits per heavy atom. The van der Waals surface area contributed by atoms with Crippen LogP contribution in [0.2, 0.25) is 0 Å². The zero-order chi connectivity index (χ0) is 13.8. The number of ether oxygens (including phenoxy) is 1. The zero-order valence-corrected chi connectivity index (χ0v) is 10.9. The number of nitrogens with two attached hydrogens (primary N) is 1. The van der Waals surface area contributed by atoms with Gasteiger partial charge in [0.05, 0.1) is 23.6 Å². The Morgan fingerprint density at radius 3 is 2.78 bits per heavy atom. The molecule has 0 radical (unpaired) electrons. The number of anilines is 1. The molecule has 1 aromatic rings. The molecule has 100 valence electrons. The molecule has 0 aliphatic heterocycles. The number of amides is 1. The summed E-state index contributed by atoms with van der Waals surface area (Å²) in [6.07, 6.45) is 0. The van der Waals surface area contributed by atoms with E-state index in [4.69, 9.17) is 10.5 Å². The summed E-state index contributed by atoms with van der Waals surface area (Å²) in [6, 6.07) is 3.31. The van der Waals surface area contributed by atoms with E-state index in [9.17, 15) is 9.90 Å². The standard InChI is InChI=1S/C12H19N3O3/c1-12(2,17)7-14-11(16)10-9(13)5-4-8(15-10)6-18-3/h4-5,17H,6-7,13H2,1-3H3,(H,14,16). The molecule has 1 rings (SSSR count). The number of aromatic nitrogens is 1. The molecule has 0 bridgehead atoms. The zero-order valence-electron chi connectivity index (χ0n) is 10.9. The van der Waals surface area contributed by atoms with Gasteiger partial charge in [-0.15, -0.1) is 0 Å². The molecule has 0 atom stereocenters. The highest BCUT2D eigenvalue weighted by Gasteiger charge is 2.17. The number of nitrogens with one attached hydrogen (secondary N) is 1. The maximum atomic E-state index is 11.9. The lowest BCUT2D eigenvalue weighted by atomic mass is 10.1. The van der Waals surface area contributed by atoms with Crippen LogP contribution in [0.5, 0.6) is 0 Å². The average molecular weight is 253 g/mol. The van der Waals surface area contributed by atoms with Crippen LogP contribution in [-0.2, 0) is 11.3 Å². The first-order valence-electron chi connectivity index (χ1n) is 5.58. The van der Waals surface area contributed by atoms with Crippen molar-refractivity contribution in [1.29, 1.82) is 0 Å². The molecule has 0 aliphatic rings. The van der Waals surface area contributed by atoms with E-state index in [0.29, 0.717) is 18.0 Å². The Morgan fingerprint density at radius 2 is 2.22 bits per heavy atom. The highest BCUT2D eigenvalue weighted by atomic mass is 16.5. The molecule has 0 fully saturated rings. The van der Waals surface area contributed by atoms with E-state index in [2.05, 4.69) is 10.3 Å². The van der Waals surface area contributed by atoms with Crippen molar-refractivity contribution in [2.24, 2.45) is 0 Å². The highest BCUT2D eigenvalue weighted by Crippen LogP contribution is 2.11. The summed E-state index contributed by atoms with van der Waals surface area (Å²) in [5, 5.41) is 12.1. The molecular weight excluding hydrogens is 234 g/mol. The molecule has 0 saturated carbocycles. The molecule has 1 aromatic heterocycles. The lowest BCUT2D eigenvalue weighted by Crippen LogP contribution is -2.38. The smallest absolute Gasteiger partial charge is 0.272 e. The van der Waals surface area contributed by atoms with Gasteiger partial charge >= 0.3 is 0 Å². The van der Waals surface area contributed by atoms with Crippen LogP contribution in [-0.4, -0.2) is 35.3 Å². The second-order valence-corrected chi connectivity index (χ2v) is 4.67. The average Bonchev–Trinajstić information content (AvgIpc) is 2.28. The van der Waals surface area contributed by atoms with Gasteiger partial charge < -0.3 is 20.9 Å². The number of rotatable bonds is 5. The van der Waals surface area contributed by atoms with Crippen LogP contribution in [0.15, 0.2) is 12.1 Å². The van der Waals surface area contributed by atoms with Gasteiger partial charge in [-0.1, -0.05) is 0 Å². The first-order chi connectivity index (χ1) is 8.33. The molecule has 0 unspecified atom stereocenters. The Kier molecular flexibility index (Phi) is 4.63. The highest BCUT2D eigenvalue weighted by molar-refractivity contribution is 5.97. The maximum Gasteiger partial charge on any atom is 0.272 e. The van der Waals surface area contributed by atoms with Crippen molar-refractivity contribution in [1.82, 2.24) is 10.3 Å². The number of hydrogen-bond donors (Lipinski definition) is 3. The van der Waals surface area contributed by atoms with Crippen molar-refractivity contribution in [2.45, 2.75) is 26.1 Å². The van der Waals surface area contributed by atoms with Gasteiger partial charge in [-0.05, 0) is 26.0 Å². The van der Waals surface area contributed by atoms with E-state index in [1.165, 1.54) is 0 Å². The van der Waals surface area contributed by atoms with Gasteiger partial charge in [0.1, 0.15) is 0 Å². The Labute approximate surface area is 106 Å². The van der Waals surface area contributed by atoms with Gasteiger partial charge in [-0.3, -0.25) is 4.79 Å². The molecule has 6 heteroatoms. The van der Waals surface area contributed by atoms with Gasteiger partial charge in [0.25, 0.3) is 5.91 Å². The van der Waals surface area contributed by atoms with Gasteiger partial charge in [0, 0.05) is 13.7 Å². The summed E-state index contributed by atoms with van der Waals surface area (Å²) in [5.74, 6) is -0.410. The molecule has 0 saturated heterocycles. The van der Waals surface area contributed by atoms with Crippen molar-refractivity contribution in [2.75, 3.05) is 19.4 Å². The fourth-order valence-electron chi connectivity index (χ4n) is 1.30. The first kappa shape index (κ1) is 14.4. The third-order valence-corrected chi connectivity index (χ3v) is 2.17. The number of nitrogens with zero attached hydrogens (tertiary/aromatic N) is 1. The first-order valence-corrected chi connectivity index (χ1v) is 5.58. The van der Waals surface area contributed by atoms with Crippen molar-refractivity contribution in [3.05, 3.63) is 23.5 Å². The fourth-order valence-corrected chi connectivity index (χ4v) is 1.30. The number of carbonyl (C=O) groups excluding carboxylic acids is 1. The monoisotopic (exact) mass is 253 g/mol. The quantitative estimate of drug-likeness (QED) is 0.701. The largest absolute Gasteiger partial charge is 0.397 e. The van der Waals surface area contributed by atoms with E-state index in [1.807, 2.05) is 0 Å². The minimum atomic E-state index is -0.978. The maximum absolute atomic E-state index is 11.9. The van der Waals surface area contributed by atoms with Crippen LogP contribution >= 0.6 is 0 Å². The molecule has 6 nitrogen and oxygen atoms in total. The predicted molar refractivity (Wildman–Crippen MR) is 68.0 cm³/mol. The normalized spacial score (nSPS) is 11.3. The third kappa shape index (κ3) is 4.31.